The molecule has 110 valence electrons. The van der Waals surface area contributed by atoms with Gasteiger partial charge in [0, 0.05) is 23.3 Å². The van der Waals surface area contributed by atoms with E-state index < -0.39 is 0 Å². The molecule has 1 aromatic rings. The molecule has 3 saturated carbocycles. The molecule has 3 heteroatoms. The first-order valence-corrected chi connectivity index (χ1v) is 9.03. The molecule has 0 aromatic carbocycles. The minimum absolute atomic E-state index is 0.161. The van der Waals surface area contributed by atoms with Crippen LogP contribution in [0.15, 0.2) is 5.38 Å². The summed E-state index contributed by atoms with van der Waals surface area (Å²) in [4.78, 5) is 4.82. The Kier molecular flexibility index (Phi) is 2.85. The molecule has 20 heavy (non-hydrogen) atoms. The van der Waals surface area contributed by atoms with Gasteiger partial charge in [-0.3, -0.25) is 0 Å². The first-order chi connectivity index (χ1) is 9.45. The van der Waals surface area contributed by atoms with Crippen LogP contribution < -0.4 is 5.73 Å². The molecule has 3 fully saturated rings. The van der Waals surface area contributed by atoms with E-state index in [0.717, 1.165) is 36.0 Å². The Labute approximate surface area is 126 Å². The number of hydrogen-bond acceptors (Lipinski definition) is 3. The van der Waals surface area contributed by atoms with E-state index in [0.29, 0.717) is 6.04 Å². The highest BCUT2D eigenvalue weighted by atomic mass is 32.1. The highest BCUT2D eigenvalue weighted by Crippen LogP contribution is 2.70. The quantitative estimate of drug-likeness (QED) is 0.923. The van der Waals surface area contributed by atoms with Gasteiger partial charge < -0.3 is 5.73 Å². The van der Waals surface area contributed by atoms with Gasteiger partial charge in [0.05, 0.1) is 10.7 Å². The van der Waals surface area contributed by atoms with Crippen molar-refractivity contribution in [3.05, 3.63) is 16.1 Å². The zero-order chi connectivity index (χ0) is 14.1. The maximum absolute atomic E-state index is 6.54. The fourth-order valence-electron chi connectivity index (χ4n) is 5.05. The van der Waals surface area contributed by atoms with Gasteiger partial charge in [-0.1, -0.05) is 20.8 Å². The number of fused-ring (bicyclic) bond motifs is 5. The Bertz CT molecular complexity index is 499. The van der Waals surface area contributed by atoms with Crippen molar-refractivity contribution in [2.75, 3.05) is 0 Å². The van der Waals surface area contributed by atoms with E-state index in [1.165, 1.54) is 30.0 Å². The van der Waals surface area contributed by atoms with Gasteiger partial charge in [0.2, 0.25) is 0 Å². The van der Waals surface area contributed by atoms with E-state index in [2.05, 4.69) is 26.2 Å². The summed E-state index contributed by atoms with van der Waals surface area (Å²) in [5, 5.41) is 3.47. The van der Waals surface area contributed by atoms with Gasteiger partial charge in [-0.05, 0) is 48.9 Å². The van der Waals surface area contributed by atoms with Crippen molar-refractivity contribution >= 4 is 11.3 Å². The topological polar surface area (TPSA) is 38.9 Å². The van der Waals surface area contributed by atoms with Gasteiger partial charge in [0.15, 0.2) is 0 Å². The molecule has 4 rings (SSSR count). The lowest BCUT2D eigenvalue weighted by molar-refractivity contribution is 0.409. The monoisotopic (exact) mass is 290 g/mol. The van der Waals surface area contributed by atoms with Crippen LogP contribution in [0.3, 0.4) is 0 Å². The Morgan fingerprint density at radius 3 is 2.50 bits per heavy atom. The molecule has 3 aliphatic rings. The summed E-state index contributed by atoms with van der Waals surface area (Å²) in [5.74, 6) is 4.87. The standard InChI is InChI=1S/C17H26N2S/c1-17(2,3)12-8-20-13(19-12)7-11(18)16-14-9-4-5-10(6-9)15(14)16/h8-11,14-16H,4-7,18H2,1-3H3. The van der Waals surface area contributed by atoms with Crippen LogP contribution in [0, 0.1) is 29.6 Å². The number of rotatable bonds is 3. The van der Waals surface area contributed by atoms with Gasteiger partial charge in [0.25, 0.3) is 0 Å². The predicted octanol–water partition coefficient (Wildman–Crippen LogP) is 3.60. The van der Waals surface area contributed by atoms with Gasteiger partial charge in [0.1, 0.15) is 0 Å². The van der Waals surface area contributed by atoms with E-state index in [9.17, 15) is 0 Å². The van der Waals surface area contributed by atoms with Gasteiger partial charge >= 0.3 is 0 Å². The highest BCUT2D eigenvalue weighted by Gasteiger charge is 2.66. The van der Waals surface area contributed by atoms with Crippen molar-refractivity contribution in [2.45, 2.75) is 57.9 Å². The van der Waals surface area contributed by atoms with Crippen LogP contribution in [-0.4, -0.2) is 11.0 Å². The predicted molar refractivity (Wildman–Crippen MR) is 83.8 cm³/mol. The lowest BCUT2D eigenvalue weighted by Crippen LogP contribution is -2.28. The fourth-order valence-corrected chi connectivity index (χ4v) is 6.15. The summed E-state index contributed by atoms with van der Waals surface area (Å²) >= 11 is 1.80. The second-order valence-corrected chi connectivity index (χ2v) is 9.25. The summed E-state index contributed by atoms with van der Waals surface area (Å²) in [6, 6.07) is 0.354. The molecule has 0 saturated heterocycles. The van der Waals surface area contributed by atoms with Crippen LogP contribution in [-0.2, 0) is 11.8 Å². The number of thiazole rings is 1. The number of nitrogens with zero attached hydrogens (tertiary/aromatic N) is 1. The van der Waals surface area contributed by atoms with Gasteiger partial charge in [-0.2, -0.15) is 0 Å². The minimum Gasteiger partial charge on any atom is -0.327 e. The molecular weight excluding hydrogens is 264 g/mol. The highest BCUT2D eigenvalue weighted by molar-refractivity contribution is 7.09. The zero-order valence-corrected chi connectivity index (χ0v) is 13.6. The second kappa shape index (κ2) is 4.30. The van der Waals surface area contributed by atoms with E-state index >= 15 is 0 Å². The number of nitrogens with two attached hydrogens (primary N) is 1. The Morgan fingerprint density at radius 1 is 1.30 bits per heavy atom. The van der Waals surface area contributed by atoms with Crippen LogP contribution in [0.4, 0.5) is 0 Å². The molecule has 1 aromatic heterocycles. The first-order valence-electron chi connectivity index (χ1n) is 8.15. The summed E-state index contributed by atoms with van der Waals surface area (Å²) in [7, 11) is 0. The normalized spacial score (nSPS) is 39.9. The molecule has 2 N–H and O–H groups in total. The Morgan fingerprint density at radius 2 is 1.95 bits per heavy atom. The fraction of sp³-hybridized carbons (Fsp3) is 0.824. The number of aromatic nitrogens is 1. The second-order valence-electron chi connectivity index (χ2n) is 8.31. The molecule has 0 amide bonds. The third-order valence-electron chi connectivity index (χ3n) is 6.02. The van der Waals surface area contributed by atoms with Gasteiger partial charge in [-0.15, -0.1) is 11.3 Å². The average Bonchev–Trinajstić information content (AvgIpc) is 2.76. The molecule has 5 atom stereocenters. The maximum Gasteiger partial charge on any atom is 0.0944 e. The van der Waals surface area contributed by atoms with E-state index in [1.54, 1.807) is 11.3 Å². The molecule has 0 spiro atoms. The van der Waals surface area contributed by atoms with Crippen molar-refractivity contribution < 1.29 is 0 Å². The molecular formula is C17H26N2S. The maximum atomic E-state index is 6.54. The van der Waals surface area contributed by atoms with Crippen LogP contribution in [0.25, 0.3) is 0 Å². The molecule has 0 aliphatic heterocycles. The molecule has 0 radical (unpaired) electrons. The van der Waals surface area contributed by atoms with Crippen molar-refractivity contribution in [1.29, 1.82) is 0 Å². The van der Waals surface area contributed by atoms with Crippen LogP contribution in [0.5, 0.6) is 0 Å². The molecule has 5 unspecified atom stereocenters. The largest absolute Gasteiger partial charge is 0.327 e. The van der Waals surface area contributed by atoms with Crippen molar-refractivity contribution in [3.63, 3.8) is 0 Å². The third kappa shape index (κ3) is 1.97. The third-order valence-corrected chi connectivity index (χ3v) is 6.89. The van der Waals surface area contributed by atoms with Crippen LogP contribution in [0.2, 0.25) is 0 Å². The zero-order valence-electron chi connectivity index (χ0n) is 12.8. The van der Waals surface area contributed by atoms with E-state index in [1.807, 2.05) is 0 Å². The van der Waals surface area contributed by atoms with Gasteiger partial charge in [-0.25, -0.2) is 4.98 Å². The average molecular weight is 290 g/mol. The SMILES string of the molecule is CC(C)(C)c1csc(CC(N)C2C3C4CCC(C4)C23)n1. The molecule has 2 nitrogen and oxygen atoms in total. The lowest BCUT2D eigenvalue weighted by atomic mass is 9.93. The Hall–Kier alpha value is -0.410. The molecule has 2 bridgehead atoms. The minimum atomic E-state index is 0.161. The van der Waals surface area contributed by atoms with Crippen molar-refractivity contribution in [2.24, 2.45) is 35.3 Å². The first kappa shape index (κ1) is 13.3. The number of hydrogen-bond donors (Lipinski definition) is 1. The molecule has 1 heterocycles. The lowest BCUT2D eigenvalue weighted by Gasteiger charge is -2.16. The summed E-state index contributed by atoms with van der Waals surface area (Å²) < 4.78 is 0. The van der Waals surface area contributed by atoms with Crippen molar-refractivity contribution in [3.8, 4) is 0 Å². The van der Waals surface area contributed by atoms with E-state index in [-0.39, 0.29) is 5.41 Å². The van der Waals surface area contributed by atoms with Crippen LogP contribution >= 0.6 is 11.3 Å². The summed E-state index contributed by atoms with van der Waals surface area (Å²) in [6.45, 7) is 6.69. The Balaban J connectivity index is 1.42. The summed E-state index contributed by atoms with van der Waals surface area (Å²) in [5.41, 5.74) is 7.92. The van der Waals surface area contributed by atoms with Crippen molar-refractivity contribution in [1.82, 2.24) is 4.98 Å². The van der Waals surface area contributed by atoms with Crippen LogP contribution in [0.1, 0.15) is 50.7 Å². The smallest absolute Gasteiger partial charge is 0.0944 e. The molecule has 3 aliphatic carbocycles. The van der Waals surface area contributed by atoms with E-state index in [4.69, 9.17) is 10.7 Å². The summed E-state index contributed by atoms with van der Waals surface area (Å²) in [6.07, 6.45) is 5.49.